The summed E-state index contributed by atoms with van der Waals surface area (Å²) >= 11 is 0. The van der Waals surface area contributed by atoms with Crippen LogP contribution in [0.4, 0.5) is 16.2 Å². The molecule has 1 N–H and O–H groups in total. The maximum Gasteiger partial charge on any atom is 0.408 e. The van der Waals surface area contributed by atoms with Crippen LogP contribution in [0.2, 0.25) is 0 Å². The fourth-order valence-electron chi connectivity index (χ4n) is 3.25. The summed E-state index contributed by atoms with van der Waals surface area (Å²) in [4.78, 5) is 37.3. The van der Waals surface area contributed by atoms with Gasteiger partial charge in [-0.15, -0.1) is 0 Å². The van der Waals surface area contributed by atoms with Gasteiger partial charge in [0.2, 0.25) is 0 Å². The first-order chi connectivity index (χ1) is 14.4. The maximum atomic E-state index is 12.7. The first-order valence-electron chi connectivity index (χ1n) is 10.2. The van der Waals surface area contributed by atoms with Gasteiger partial charge >= 0.3 is 12.1 Å². The number of nitrogens with one attached hydrogen (secondary N) is 1. The van der Waals surface area contributed by atoms with E-state index < -0.39 is 28.6 Å². The number of hydrogen-bond donors (Lipinski definition) is 1. The van der Waals surface area contributed by atoms with E-state index in [1.807, 2.05) is 18.7 Å². The molecule has 0 aliphatic carbocycles. The highest BCUT2D eigenvalue weighted by molar-refractivity contribution is 5.82. The van der Waals surface area contributed by atoms with Gasteiger partial charge in [0, 0.05) is 19.0 Å². The van der Waals surface area contributed by atoms with Crippen LogP contribution in [0.3, 0.4) is 0 Å². The highest BCUT2D eigenvalue weighted by atomic mass is 16.6. The number of rotatable bonds is 7. The number of esters is 1. The van der Waals surface area contributed by atoms with Crippen molar-refractivity contribution in [2.24, 2.45) is 5.92 Å². The molecule has 0 saturated carbocycles. The molecule has 172 valence electrons. The van der Waals surface area contributed by atoms with Crippen molar-refractivity contribution in [2.75, 3.05) is 25.1 Å². The lowest BCUT2D eigenvalue weighted by molar-refractivity contribution is -0.384. The van der Waals surface area contributed by atoms with Gasteiger partial charge in [-0.3, -0.25) is 10.1 Å². The minimum absolute atomic E-state index is 0.0595. The monoisotopic (exact) mass is 437 g/mol. The van der Waals surface area contributed by atoms with Crippen LogP contribution in [-0.2, 0) is 14.3 Å². The van der Waals surface area contributed by atoms with E-state index in [1.54, 1.807) is 26.8 Å². The molecule has 1 amide bonds. The van der Waals surface area contributed by atoms with Crippen molar-refractivity contribution in [1.29, 1.82) is 0 Å². The Kier molecular flexibility index (Phi) is 7.70. The van der Waals surface area contributed by atoms with Crippen molar-refractivity contribution < 1.29 is 28.7 Å². The van der Waals surface area contributed by atoms with Gasteiger partial charge in [-0.05, 0) is 32.8 Å². The molecule has 1 aromatic carbocycles. The number of nitrogens with zero attached hydrogens (tertiary/aromatic N) is 2. The normalized spacial score (nSPS) is 17.3. The molecule has 1 aromatic rings. The largest absolute Gasteiger partial charge is 0.494 e. The number of alkyl carbamates (subject to hydrolysis) is 1. The molecule has 2 rings (SSSR count). The van der Waals surface area contributed by atoms with Gasteiger partial charge in [0.1, 0.15) is 23.5 Å². The fraction of sp³-hybridized carbons (Fsp3) is 0.619. The van der Waals surface area contributed by atoms with Gasteiger partial charge in [0.15, 0.2) is 0 Å². The third-order valence-electron chi connectivity index (χ3n) is 4.74. The number of nitro benzene ring substituents is 1. The summed E-state index contributed by atoms with van der Waals surface area (Å²) in [6.45, 7) is 9.87. The smallest absolute Gasteiger partial charge is 0.408 e. The Labute approximate surface area is 182 Å². The van der Waals surface area contributed by atoms with Crippen LogP contribution in [0, 0.1) is 16.0 Å². The molecule has 0 bridgehead atoms. The number of methoxy groups -OCH3 is 1. The van der Waals surface area contributed by atoms with E-state index in [2.05, 4.69) is 5.32 Å². The zero-order valence-electron chi connectivity index (χ0n) is 18.8. The topological polar surface area (TPSA) is 120 Å². The summed E-state index contributed by atoms with van der Waals surface area (Å²) in [7, 11) is 1.45. The van der Waals surface area contributed by atoms with Crippen LogP contribution in [0.15, 0.2) is 18.2 Å². The van der Waals surface area contributed by atoms with E-state index >= 15 is 0 Å². The number of non-ortho nitro benzene ring substituents is 1. The van der Waals surface area contributed by atoms with Gasteiger partial charge in [-0.1, -0.05) is 13.8 Å². The van der Waals surface area contributed by atoms with Gasteiger partial charge in [-0.2, -0.15) is 0 Å². The summed E-state index contributed by atoms with van der Waals surface area (Å²) in [5.41, 5.74) is -0.0413. The van der Waals surface area contributed by atoms with Crippen molar-refractivity contribution in [1.82, 2.24) is 5.32 Å². The van der Waals surface area contributed by atoms with Crippen molar-refractivity contribution in [2.45, 2.75) is 58.8 Å². The molecule has 1 aliphatic rings. The zero-order chi connectivity index (χ0) is 23.3. The average molecular weight is 437 g/mol. The lowest BCUT2D eigenvalue weighted by atomic mass is 10.0. The summed E-state index contributed by atoms with van der Waals surface area (Å²) < 4.78 is 16.2. The Morgan fingerprint density at radius 2 is 1.97 bits per heavy atom. The molecule has 1 saturated heterocycles. The fourth-order valence-corrected chi connectivity index (χ4v) is 3.25. The Balaban J connectivity index is 2.02. The number of benzene rings is 1. The molecule has 10 nitrogen and oxygen atoms in total. The molecule has 31 heavy (non-hydrogen) atoms. The average Bonchev–Trinajstić information content (AvgIpc) is 3.11. The Bertz CT molecular complexity index is 820. The van der Waals surface area contributed by atoms with Crippen molar-refractivity contribution in [3.8, 4) is 5.75 Å². The molecule has 1 heterocycles. The van der Waals surface area contributed by atoms with Crippen LogP contribution >= 0.6 is 0 Å². The molecular formula is C21H31N3O7. The number of carbonyl (C=O) groups is 2. The van der Waals surface area contributed by atoms with Gasteiger partial charge in [0.05, 0.1) is 30.3 Å². The van der Waals surface area contributed by atoms with E-state index in [0.29, 0.717) is 30.9 Å². The third-order valence-corrected chi connectivity index (χ3v) is 4.74. The molecule has 10 heteroatoms. The Morgan fingerprint density at radius 1 is 1.29 bits per heavy atom. The van der Waals surface area contributed by atoms with E-state index in [0.717, 1.165) is 0 Å². The minimum atomic E-state index is -0.835. The second kappa shape index (κ2) is 9.84. The predicted molar refractivity (Wildman–Crippen MR) is 114 cm³/mol. The second-order valence-corrected chi connectivity index (χ2v) is 8.77. The van der Waals surface area contributed by atoms with E-state index in [4.69, 9.17) is 14.2 Å². The number of hydrogen-bond acceptors (Lipinski definition) is 8. The molecule has 0 aromatic heterocycles. The van der Waals surface area contributed by atoms with E-state index in [9.17, 15) is 19.7 Å². The van der Waals surface area contributed by atoms with Crippen LogP contribution < -0.4 is 15.0 Å². The third kappa shape index (κ3) is 6.73. The van der Waals surface area contributed by atoms with E-state index in [1.165, 1.54) is 19.2 Å². The summed E-state index contributed by atoms with van der Waals surface area (Å²) in [5, 5.41) is 13.6. The van der Waals surface area contributed by atoms with Crippen LogP contribution in [0.5, 0.6) is 5.75 Å². The first-order valence-corrected chi connectivity index (χ1v) is 10.2. The predicted octanol–water partition coefficient (Wildman–Crippen LogP) is 3.27. The molecule has 0 radical (unpaired) electrons. The summed E-state index contributed by atoms with van der Waals surface area (Å²) in [6, 6.07) is 3.57. The molecule has 1 aliphatic heterocycles. The SMILES string of the molecule is COc1cc([N+](=O)[O-])ccc1N1CC[C@@H](OC(=O)[C@@H](NC(=O)OC(C)(C)C)C(C)C)C1. The van der Waals surface area contributed by atoms with Gasteiger partial charge in [-0.25, -0.2) is 9.59 Å². The highest BCUT2D eigenvalue weighted by Crippen LogP contribution is 2.34. The number of anilines is 1. The minimum Gasteiger partial charge on any atom is -0.494 e. The lowest BCUT2D eigenvalue weighted by Crippen LogP contribution is -2.48. The standard InChI is InChI=1S/C21H31N3O7/c1-13(2)18(22-20(26)31-21(3,4)5)19(25)30-15-9-10-23(12-15)16-8-7-14(24(27)28)11-17(16)29-6/h7-8,11,13,15,18H,9-10,12H2,1-6H3,(H,22,26)/t15-,18+/m1/s1. The Hall–Kier alpha value is -3.04. The maximum absolute atomic E-state index is 12.7. The summed E-state index contributed by atoms with van der Waals surface area (Å²) in [5.74, 6) is -0.330. The molecule has 2 atom stereocenters. The first kappa shape index (κ1) is 24.2. The molecule has 0 spiro atoms. The molecule has 1 fully saturated rings. The molecule has 0 unspecified atom stereocenters. The van der Waals surface area contributed by atoms with Gasteiger partial charge in [0.25, 0.3) is 5.69 Å². The number of amides is 1. The van der Waals surface area contributed by atoms with Crippen molar-refractivity contribution in [3.63, 3.8) is 0 Å². The quantitative estimate of drug-likeness (QED) is 0.392. The van der Waals surface area contributed by atoms with Crippen LogP contribution in [0.1, 0.15) is 41.0 Å². The van der Waals surface area contributed by atoms with Crippen LogP contribution in [-0.4, -0.2) is 54.9 Å². The van der Waals surface area contributed by atoms with E-state index in [-0.39, 0.29) is 17.7 Å². The van der Waals surface area contributed by atoms with Crippen LogP contribution in [0.25, 0.3) is 0 Å². The highest BCUT2D eigenvalue weighted by Gasteiger charge is 2.33. The van der Waals surface area contributed by atoms with Crippen molar-refractivity contribution in [3.05, 3.63) is 28.3 Å². The molecular weight excluding hydrogens is 406 g/mol. The zero-order valence-corrected chi connectivity index (χ0v) is 18.8. The van der Waals surface area contributed by atoms with Crippen molar-refractivity contribution >= 4 is 23.4 Å². The van der Waals surface area contributed by atoms with Gasteiger partial charge < -0.3 is 24.4 Å². The number of ether oxygens (including phenoxy) is 3. The number of nitro groups is 1. The summed E-state index contributed by atoms with van der Waals surface area (Å²) in [6.07, 6.45) is -0.468. The number of carbonyl (C=O) groups excluding carboxylic acids is 2. The Morgan fingerprint density at radius 3 is 2.52 bits per heavy atom. The lowest BCUT2D eigenvalue weighted by Gasteiger charge is -2.26. The second-order valence-electron chi connectivity index (χ2n) is 8.77.